The number of hydrogen-bond donors (Lipinski definition) is 2. The van der Waals surface area contributed by atoms with Crippen molar-refractivity contribution in [3.8, 4) is 28.3 Å². The van der Waals surface area contributed by atoms with Gasteiger partial charge in [0.15, 0.2) is 0 Å². The van der Waals surface area contributed by atoms with Gasteiger partial charge in [0, 0.05) is 48.2 Å². The van der Waals surface area contributed by atoms with Gasteiger partial charge in [0.05, 0.1) is 17.7 Å². The van der Waals surface area contributed by atoms with Crippen LogP contribution in [0.5, 0.6) is 5.75 Å². The van der Waals surface area contributed by atoms with Gasteiger partial charge in [0.2, 0.25) is 16.0 Å². The summed E-state index contributed by atoms with van der Waals surface area (Å²) in [7, 11) is -1.95. The van der Waals surface area contributed by atoms with E-state index < -0.39 is 10.0 Å². The van der Waals surface area contributed by atoms with E-state index in [0.29, 0.717) is 23.9 Å². The Labute approximate surface area is 215 Å². The van der Waals surface area contributed by atoms with Crippen molar-refractivity contribution in [3.05, 3.63) is 72.0 Å². The molecule has 4 aromatic rings. The normalized spacial score (nSPS) is 11.4. The van der Waals surface area contributed by atoms with Crippen molar-refractivity contribution in [2.24, 2.45) is 0 Å². The zero-order valence-electron chi connectivity index (χ0n) is 20.0. The largest absolute Gasteiger partial charge is 0.497 e. The number of aromatic nitrogens is 4. The van der Waals surface area contributed by atoms with Gasteiger partial charge in [-0.2, -0.15) is 5.10 Å². The molecule has 0 spiro atoms. The molecule has 0 aliphatic rings. The molecular weight excluding hydrogens is 500 g/mol. The summed E-state index contributed by atoms with van der Waals surface area (Å²) >= 11 is 5.83. The van der Waals surface area contributed by atoms with Crippen LogP contribution in [0.1, 0.15) is 13.3 Å². The maximum absolute atomic E-state index is 12.4. The number of benzene rings is 2. The molecule has 0 unspecified atom stereocenters. The van der Waals surface area contributed by atoms with E-state index in [4.69, 9.17) is 21.4 Å². The first-order chi connectivity index (χ1) is 17.4. The summed E-state index contributed by atoms with van der Waals surface area (Å²) in [6.45, 7) is 3.50. The van der Waals surface area contributed by atoms with Gasteiger partial charge >= 0.3 is 0 Å². The number of methoxy groups -OCH3 is 1. The minimum absolute atomic E-state index is 0.176. The molecule has 0 aliphatic heterocycles. The van der Waals surface area contributed by atoms with E-state index in [1.54, 1.807) is 25.4 Å². The van der Waals surface area contributed by atoms with Crippen LogP contribution in [0.2, 0.25) is 5.02 Å². The van der Waals surface area contributed by atoms with Gasteiger partial charge in [-0.15, -0.1) is 0 Å². The smallest absolute Gasteiger partial charge is 0.240 e. The van der Waals surface area contributed by atoms with Crippen LogP contribution < -0.4 is 14.8 Å². The lowest BCUT2D eigenvalue weighted by atomic mass is 10.1. The molecule has 0 saturated heterocycles. The van der Waals surface area contributed by atoms with E-state index in [9.17, 15) is 8.42 Å². The number of ether oxygens (including phenoxy) is 1. The van der Waals surface area contributed by atoms with E-state index in [-0.39, 0.29) is 11.4 Å². The molecule has 0 aliphatic carbocycles. The maximum atomic E-state index is 12.4. The fraction of sp³-hybridized carbons (Fsp3) is 0.240. The summed E-state index contributed by atoms with van der Waals surface area (Å²) in [5, 5.41) is 8.38. The average molecular weight is 527 g/mol. The molecule has 0 bridgehead atoms. The Morgan fingerprint density at radius 1 is 1.08 bits per heavy atom. The summed E-state index contributed by atoms with van der Waals surface area (Å²) in [6.07, 6.45) is 4.20. The predicted octanol–water partition coefficient (Wildman–Crippen LogP) is 4.47. The third-order valence-electron chi connectivity index (χ3n) is 5.41. The molecule has 0 atom stereocenters. The first-order valence-corrected chi connectivity index (χ1v) is 13.3. The summed E-state index contributed by atoms with van der Waals surface area (Å²) in [4.78, 5) is 9.14. The minimum Gasteiger partial charge on any atom is -0.497 e. The molecule has 36 heavy (non-hydrogen) atoms. The quantitative estimate of drug-likeness (QED) is 0.277. The van der Waals surface area contributed by atoms with Crippen molar-refractivity contribution >= 4 is 27.6 Å². The van der Waals surface area contributed by atoms with Crippen molar-refractivity contribution in [1.82, 2.24) is 24.5 Å². The molecule has 0 radical (unpaired) electrons. The van der Waals surface area contributed by atoms with E-state index in [1.165, 1.54) is 12.1 Å². The average Bonchev–Trinajstić information content (AvgIpc) is 3.34. The van der Waals surface area contributed by atoms with E-state index in [2.05, 4.69) is 20.0 Å². The summed E-state index contributed by atoms with van der Waals surface area (Å²) in [6, 6.07) is 15.6. The van der Waals surface area contributed by atoms with Gasteiger partial charge in [-0.05, 0) is 55.8 Å². The van der Waals surface area contributed by atoms with Crippen LogP contribution >= 0.6 is 11.6 Å². The van der Waals surface area contributed by atoms with Crippen molar-refractivity contribution in [2.75, 3.05) is 25.5 Å². The van der Waals surface area contributed by atoms with Gasteiger partial charge in [-0.25, -0.2) is 23.1 Å². The highest BCUT2D eigenvalue weighted by molar-refractivity contribution is 7.89. The van der Waals surface area contributed by atoms with E-state index >= 15 is 0 Å². The molecule has 2 aromatic heterocycles. The number of hydrogen-bond acceptors (Lipinski definition) is 7. The van der Waals surface area contributed by atoms with Crippen molar-refractivity contribution in [2.45, 2.75) is 24.8 Å². The number of sulfonamides is 1. The van der Waals surface area contributed by atoms with E-state index in [1.807, 2.05) is 48.1 Å². The lowest BCUT2D eigenvalue weighted by Crippen LogP contribution is -2.26. The fourth-order valence-electron chi connectivity index (χ4n) is 3.54. The molecule has 0 saturated carbocycles. The monoisotopic (exact) mass is 526 g/mol. The lowest BCUT2D eigenvalue weighted by molar-refractivity contribution is 0.415. The molecule has 188 valence electrons. The topological polar surface area (TPSA) is 111 Å². The van der Waals surface area contributed by atoms with Crippen molar-refractivity contribution < 1.29 is 13.2 Å². The Kier molecular flexibility index (Phi) is 8.19. The van der Waals surface area contributed by atoms with Crippen LogP contribution in [0.3, 0.4) is 0 Å². The number of nitrogens with one attached hydrogen (secondary N) is 2. The maximum Gasteiger partial charge on any atom is 0.240 e. The molecule has 0 amide bonds. The minimum atomic E-state index is -3.59. The van der Waals surface area contributed by atoms with Crippen LogP contribution in [0.25, 0.3) is 22.5 Å². The molecule has 0 fully saturated rings. The number of nitrogens with zero attached hydrogens (tertiary/aromatic N) is 4. The summed E-state index contributed by atoms with van der Waals surface area (Å²) < 4.78 is 34.6. The Morgan fingerprint density at radius 3 is 2.64 bits per heavy atom. The standard InChI is InChI=1S/C25H27ClN6O3S/c1-3-32-17-22(24(31-32)18-6-4-7-20(16-18)35-2)23-12-15-28-25(30-23)27-13-5-14-29-36(33,34)21-10-8-19(26)9-11-21/h4,6-12,15-17,29H,3,5,13-14H2,1-2H3,(H,27,28,30). The van der Waals surface area contributed by atoms with Crippen molar-refractivity contribution in [1.29, 1.82) is 0 Å². The Balaban J connectivity index is 1.41. The first-order valence-electron chi connectivity index (χ1n) is 11.4. The highest BCUT2D eigenvalue weighted by atomic mass is 35.5. The van der Waals surface area contributed by atoms with Gasteiger partial charge in [0.25, 0.3) is 0 Å². The molecule has 4 rings (SSSR count). The lowest BCUT2D eigenvalue weighted by Gasteiger charge is -2.09. The van der Waals surface area contributed by atoms with Crippen LogP contribution in [0.15, 0.2) is 71.9 Å². The highest BCUT2D eigenvalue weighted by Crippen LogP contribution is 2.32. The van der Waals surface area contributed by atoms with Gasteiger partial charge < -0.3 is 10.1 Å². The molecule has 2 heterocycles. The zero-order valence-corrected chi connectivity index (χ0v) is 21.6. The van der Waals surface area contributed by atoms with Gasteiger partial charge in [-0.1, -0.05) is 23.7 Å². The van der Waals surface area contributed by atoms with Crippen LogP contribution in [-0.2, 0) is 16.6 Å². The number of aryl methyl sites for hydroxylation is 1. The molecule has 11 heteroatoms. The zero-order chi connectivity index (χ0) is 25.5. The predicted molar refractivity (Wildman–Crippen MR) is 141 cm³/mol. The molecule has 2 N–H and O–H groups in total. The molecular formula is C25H27ClN6O3S. The Hall–Kier alpha value is -3.47. The second kappa shape index (κ2) is 11.5. The summed E-state index contributed by atoms with van der Waals surface area (Å²) in [5.74, 6) is 1.20. The Morgan fingerprint density at radius 2 is 1.89 bits per heavy atom. The summed E-state index contributed by atoms with van der Waals surface area (Å²) in [5.41, 5.74) is 3.34. The fourth-order valence-corrected chi connectivity index (χ4v) is 4.74. The van der Waals surface area contributed by atoms with Crippen LogP contribution in [0.4, 0.5) is 5.95 Å². The van der Waals surface area contributed by atoms with Gasteiger partial charge in [-0.3, -0.25) is 4.68 Å². The SMILES string of the molecule is CCn1cc(-c2ccnc(NCCCNS(=O)(=O)c3ccc(Cl)cc3)n2)c(-c2cccc(OC)c2)n1. The number of rotatable bonds is 11. The van der Waals surface area contributed by atoms with Crippen LogP contribution in [0, 0.1) is 0 Å². The van der Waals surface area contributed by atoms with Crippen LogP contribution in [-0.4, -0.2) is 48.4 Å². The molecule has 9 nitrogen and oxygen atoms in total. The third kappa shape index (κ3) is 6.20. The second-order valence-corrected chi connectivity index (χ2v) is 10.1. The van der Waals surface area contributed by atoms with Crippen molar-refractivity contribution in [3.63, 3.8) is 0 Å². The van der Waals surface area contributed by atoms with Gasteiger partial charge in [0.1, 0.15) is 11.4 Å². The third-order valence-corrected chi connectivity index (χ3v) is 7.14. The number of halogens is 1. The second-order valence-electron chi connectivity index (χ2n) is 7.88. The number of anilines is 1. The van der Waals surface area contributed by atoms with E-state index in [0.717, 1.165) is 34.8 Å². The molecule has 2 aromatic carbocycles. The first kappa shape index (κ1) is 25.6. The Bertz CT molecular complexity index is 1420. The highest BCUT2D eigenvalue weighted by Gasteiger charge is 2.16.